The third kappa shape index (κ3) is 2.48. The van der Waals surface area contributed by atoms with Crippen LogP contribution in [0.3, 0.4) is 0 Å². The average Bonchev–Trinajstić information content (AvgIpc) is 2.54. The van der Waals surface area contributed by atoms with Crippen LogP contribution in [0.5, 0.6) is 0 Å². The van der Waals surface area contributed by atoms with Crippen molar-refractivity contribution in [3.8, 4) is 0 Å². The molecular formula is C11H18N2O4. The Morgan fingerprint density at radius 3 is 2.35 bits per heavy atom. The topological polar surface area (TPSA) is 84.6 Å². The van der Waals surface area contributed by atoms with Gasteiger partial charge in [0.25, 0.3) is 0 Å². The lowest BCUT2D eigenvalue weighted by Gasteiger charge is -2.15. The zero-order valence-electron chi connectivity index (χ0n) is 10.7. The van der Waals surface area contributed by atoms with Gasteiger partial charge in [0, 0.05) is 14.2 Å². The summed E-state index contributed by atoms with van der Waals surface area (Å²) in [4.78, 5) is 15.4. The summed E-state index contributed by atoms with van der Waals surface area (Å²) in [5.74, 6) is -0.645. The number of carboxylic acids is 1. The number of methoxy groups -OCH3 is 1. The molecule has 0 aromatic carbocycles. The zero-order chi connectivity index (χ0) is 13.4. The Bertz CT molecular complexity index is 431. The fourth-order valence-corrected chi connectivity index (χ4v) is 1.66. The lowest BCUT2D eigenvalue weighted by atomic mass is 10.0. The molecule has 0 spiro atoms. The molecule has 0 radical (unpaired) electrons. The number of rotatable bonds is 4. The van der Waals surface area contributed by atoms with Gasteiger partial charge in [-0.05, 0) is 20.8 Å². The van der Waals surface area contributed by atoms with Gasteiger partial charge in [-0.1, -0.05) is 0 Å². The first-order valence-electron chi connectivity index (χ1n) is 5.25. The number of aromatic nitrogens is 2. The highest BCUT2D eigenvalue weighted by atomic mass is 16.5. The lowest BCUT2D eigenvalue weighted by molar-refractivity contribution is 0.0603. The van der Waals surface area contributed by atoms with Crippen molar-refractivity contribution in [2.24, 2.45) is 7.05 Å². The van der Waals surface area contributed by atoms with E-state index in [9.17, 15) is 9.90 Å². The van der Waals surface area contributed by atoms with Crippen LogP contribution in [0, 0.1) is 0 Å². The van der Waals surface area contributed by atoms with Gasteiger partial charge < -0.3 is 19.5 Å². The second-order valence-electron chi connectivity index (χ2n) is 4.47. The third-order valence-corrected chi connectivity index (χ3v) is 2.63. The summed E-state index contributed by atoms with van der Waals surface area (Å²) in [5.41, 5.74) is -1.18. The van der Waals surface area contributed by atoms with Crippen molar-refractivity contribution in [3.63, 3.8) is 0 Å². The first-order chi connectivity index (χ1) is 7.70. The number of nitrogens with zero attached hydrogens (tertiary/aromatic N) is 2. The van der Waals surface area contributed by atoms with E-state index in [1.54, 1.807) is 14.0 Å². The number of ether oxygens (including phenoxy) is 1. The Hall–Kier alpha value is -1.40. The number of hydrogen-bond donors (Lipinski definition) is 2. The van der Waals surface area contributed by atoms with Gasteiger partial charge in [0.15, 0.2) is 5.69 Å². The zero-order valence-corrected chi connectivity index (χ0v) is 10.7. The van der Waals surface area contributed by atoms with E-state index in [-0.39, 0.29) is 17.5 Å². The van der Waals surface area contributed by atoms with Crippen LogP contribution in [0.2, 0.25) is 0 Å². The van der Waals surface area contributed by atoms with Gasteiger partial charge in [-0.3, -0.25) is 0 Å². The van der Waals surface area contributed by atoms with Crippen LogP contribution in [0.1, 0.15) is 48.9 Å². The molecule has 0 fully saturated rings. The number of aliphatic hydroxyl groups is 1. The molecule has 96 valence electrons. The van der Waals surface area contributed by atoms with Crippen molar-refractivity contribution in [1.82, 2.24) is 9.55 Å². The molecule has 6 nitrogen and oxygen atoms in total. The van der Waals surface area contributed by atoms with Crippen molar-refractivity contribution in [1.29, 1.82) is 0 Å². The molecule has 0 saturated carbocycles. The second kappa shape index (κ2) is 4.46. The summed E-state index contributed by atoms with van der Waals surface area (Å²) in [7, 11) is 3.11. The maximum atomic E-state index is 11.2. The summed E-state index contributed by atoms with van der Waals surface area (Å²) in [6, 6.07) is 0. The Balaban J connectivity index is 3.46. The Morgan fingerprint density at radius 2 is 2.06 bits per heavy atom. The average molecular weight is 242 g/mol. The van der Waals surface area contributed by atoms with Crippen LogP contribution < -0.4 is 0 Å². The van der Waals surface area contributed by atoms with Gasteiger partial charge in [-0.2, -0.15) is 0 Å². The first-order valence-corrected chi connectivity index (χ1v) is 5.25. The number of carboxylic acid groups (broad SMARTS) is 1. The molecule has 0 saturated heterocycles. The van der Waals surface area contributed by atoms with Gasteiger partial charge >= 0.3 is 5.97 Å². The molecular weight excluding hydrogens is 224 g/mol. The molecule has 0 aliphatic rings. The largest absolute Gasteiger partial charge is 0.477 e. The molecule has 1 heterocycles. The molecule has 1 unspecified atom stereocenters. The van der Waals surface area contributed by atoms with Gasteiger partial charge in [0.1, 0.15) is 23.2 Å². The number of hydrogen-bond acceptors (Lipinski definition) is 4. The minimum absolute atomic E-state index is 0.0172. The van der Waals surface area contributed by atoms with Gasteiger partial charge in [-0.25, -0.2) is 9.78 Å². The van der Waals surface area contributed by atoms with Crippen LogP contribution in [-0.4, -0.2) is 32.8 Å². The third-order valence-electron chi connectivity index (χ3n) is 2.63. The number of aromatic carboxylic acids is 1. The molecule has 1 aromatic rings. The fraction of sp³-hybridized carbons (Fsp3) is 0.636. The molecule has 0 amide bonds. The highest BCUT2D eigenvalue weighted by Crippen LogP contribution is 2.26. The van der Waals surface area contributed by atoms with Gasteiger partial charge in [0.2, 0.25) is 0 Å². The van der Waals surface area contributed by atoms with Crippen LogP contribution >= 0.6 is 0 Å². The smallest absolute Gasteiger partial charge is 0.354 e. The predicted octanol–water partition coefficient (Wildman–Crippen LogP) is 1.05. The summed E-state index contributed by atoms with van der Waals surface area (Å²) < 4.78 is 6.55. The molecule has 1 aromatic heterocycles. The Morgan fingerprint density at radius 1 is 1.53 bits per heavy atom. The maximum Gasteiger partial charge on any atom is 0.354 e. The first kappa shape index (κ1) is 13.7. The Labute approximate surface area is 99.9 Å². The standard InChI is InChI=1S/C11H18N2O4/c1-6(17-5)9-12-8(11(2,3)16)7(10(14)15)13(9)4/h6,16H,1-5H3,(H,14,15). The molecule has 17 heavy (non-hydrogen) atoms. The molecule has 2 N–H and O–H groups in total. The van der Waals surface area contributed by atoms with Crippen LogP contribution in [0.4, 0.5) is 0 Å². The molecule has 0 bridgehead atoms. The van der Waals surface area contributed by atoms with Crippen molar-refractivity contribution in [2.75, 3.05) is 7.11 Å². The lowest BCUT2D eigenvalue weighted by Crippen LogP contribution is -2.21. The summed E-state index contributed by atoms with van der Waals surface area (Å²) in [6.45, 7) is 4.77. The van der Waals surface area contributed by atoms with E-state index in [2.05, 4.69) is 4.98 Å². The van der Waals surface area contributed by atoms with E-state index < -0.39 is 11.6 Å². The molecule has 6 heteroatoms. The minimum atomic E-state index is -1.31. The molecule has 1 rings (SSSR count). The van der Waals surface area contributed by atoms with Crippen LogP contribution in [0.25, 0.3) is 0 Å². The highest BCUT2D eigenvalue weighted by Gasteiger charge is 2.31. The fourth-order valence-electron chi connectivity index (χ4n) is 1.66. The van der Waals surface area contributed by atoms with E-state index in [1.807, 2.05) is 0 Å². The minimum Gasteiger partial charge on any atom is -0.477 e. The van der Waals surface area contributed by atoms with Crippen molar-refractivity contribution >= 4 is 5.97 Å². The van der Waals surface area contributed by atoms with E-state index in [0.29, 0.717) is 5.82 Å². The summed E-state index contributed by atoms with van der Waals surface area (Å²) >= 11 is 0. The quantitative estimate of drug-likeness (QED) is 0.824. The van der Waals surface area contributed by atoms with E-state index in [1.165, 1.54) is 25.5 Å². The highest BCUT2D eigenvalue weighted by molar-refractivity contribution is 5.87. The normalized spacial score (nSPS) is 13.8. The molecule has 0 aliphatic carbocycles. The van der Waals surface area contributed by atoms with E-state index in [0.717, 1.165) is 0 Å². The molecule has 0 aliphatic heterocycles. The number of carbonyl (C=O) groups is 1. The summed E-state index contributed by atoms with van der Waals surface area (Å²) in [5, 5.41) is 19.1. The SMILES string of the molecule is COC(C)c1nc(C(C)(C)O)c(C(=O)O)n1C. The van der Waals surface area contributed by atoms with Crippen molar-refractivity contribution in [3.05, 3.63) is 17.2 Å². The van der Waals surface area contributed by atoms with Crippen LogP contribution in [-0.2, 0) is 17.4 Å². The second-order valence-corrected chi connectivity index (χ2v) is 4.47. The molecule has 1 atom stereocenters. The van der Waals surface area contributed by atoms with E-state index in [4.69, 9.17) is 9.84 Å². The Kier molecular flexibility index (Phi) is 3.59. The predicted molar refractivity (Wildman–Crippen MR) is 60.8 cm³/mol. The van der Waals surface area contributed by atoms with Gasteiger partial charge in [0.05, 0.1) is 0 Å². The van der Waals surface area contributed by atoms with E-state index >= 15 is 0 Å². The monoisotopic (exact) mass is 242 g/mol. The number of imidazole rings is 1. The van der Waals surface area contributed by atoms with Crippen molar-refractivity contribution in [2.45, 2.75) is 32.5 Å². The van der Waals surface area contributed by atoms with Gasteiger partial charge in [-0.15, -0.1) is 0 Å². The summed E-state index contributed by atoms with van der Waals surface area (Å²) in [6.07, 6.45) is -0.339. The maximum absolute atomic E-state index is 11.2. The van der Waals surface area contributed by atoms with Crippen LogP contribution in [0.15, 0.2) is 0 Å². The van der Waals surface area contributed by atoms with Crippen molar-refractivity contribution < 1.29 is 19.7 Å².